The molecule has 4 aromatic rings. The van der Waals surface area contributed by atoms with E-state index in [2.05, 4.69) is 21.2 Å². The fourth-order valence-corrected chi connectivity index (χ4v) is 4.06. The maximum Gasteiger partial charge on any atom is 0.294 e. The molecule has 0 fully saturated rings. The zero-order valence-electron chi connectivity index (χ0n) is 22.1. The maximum absolute atomic E-state index is 10.4. The smallest absolute Gasteiger partial charge is 0.294 e. The van der Waals surface area contributed by atoms with Crippen LogP contribution in [0.15, 0.2) is 66.7 Å². The Kier molecular flexibility index (Phi) is 12.3. The van der Waals surface area contributed by atoms with Crippen molar-refractivity contribution in [3.8, 4) is 17.2 Å². The van der Waals surface area contributed by atoms with Crippen LogP contribution in [-0.4, -0.2) is 74.9 Å². The van der Waals surface area contributed by atoms with Crippen molar-refractivity contribution in [2.75, 3.05) is 53.2 Å². The van der Waals surface area contributed by atoms with Crippen molar-refractivity contribution in [1.82, 2.24) is 10.3 Å². The topological polar surface area (TPSA) is 154 Å². The second-order valence-corrected chi connectivity index (χ2v) is 8.47. The van der Waals surface area contributed by atoms with Crippen LogP contribution < -0.4 is 19.5 Å². The predicted octanol–water partition coefficient (Wildman–Crippen LogP) is 3.92. The molecule has 214 valence electrons. The maximum atomic E-state index is 10.4. The van der Waals surface area contributed by atoms with Gasteiger partial charge in [0.25, 0.3) is 11.6 Å². The van der Waals surface area contributed by atoms with Gasteiger partial charge in [-0.1, -0.05) is 36.4 Å². The van der Waals surface area contributed by atoms with Crippen LogP contribution in [0.3, 0.4) is 0 Å². The molecular formula is C28H33N3O9. The highest BCUT2D eigenvalue weighted by Crippen LogP contribution is 2.33. The van der Waals surface area contributed by atoms with Crippen molar-refractivity contribution in [3.05, 3.63) is 76.8 Å². The van der Waals surface area contributed by atoms with E-state index in [9.17, 15) is 10.1 Å². The minimum absolute atomic E-state index is 0.0117. The summed E-state index contributed by atoms with van der Waals surface area (Å²) in [6.07, 6.45) is 0. The Balaban J connectivity index is 0.00000141. The summed E-state index contributed by atoms with van der Waals surface area (Å²) in [6, 6.07) is 21.6. The second kappa shape index (κ2) is 16.4. The molecule has 3 aromatic carbocycles. The van der Waals surface area contributed by atoms with E-state index in [1.807, 2.05) is 60.7 Å². The van der Waals surface area contributed by atoms with Gasteiger partial charge in [-0.2, -0.15) is 0 Å². The Hall–Kier alpha value is -4.55. The van der Waals surface area contributed by atoms with E-state index in [-0.39, 0.29) is 25.6 Å². The molecule has 1 aromatic heterocycles. The lowest BCUT2D eigenvalue weighted by Crippen LogP contribution is -2.33. The highest BCUT2D eigenvalue weighted by atomic mass is 17.0. The molecule has 0 saturated heterocycles. The summed E-state index contributed by atoms with van der Waals surface area (Å²) >= 11 is 0. The average Bonchev–Trinajstić information content (AvgIpc) is 3.35. The molecular weight excluding hydrogens is 522 g/mol. The van der Waals surface area contributed by atoms with Gasteiger partial charge < -0.3 is 39.2 Å². The summed E-state index contributed by atoms with van der Waals surface area (Å²) in [5, 5.41) is 21.9. The highest BCUT2D eigenvalue weighted by molar-refractivity contribution is 6.10. The predicted molar refractivity (Wildman–Crippen MR) is 149 cm³/mol. The van der Waals surface area contributed by atoms with E-state index in [4.69, 9.17) is 28.8 Å². The minimum Gasteiger partial charge on any atom is -0.493 e. The van der Waals surface area contributed by atoms with E-state index < -0.39 is 5.09 Å². The average molecular weight is 556 g/mol. The molecule has 0 saturated carbocycles. The molecule has 0 radical (unpaired) electrons. The number of ether oxygens (including phenoxy) is 4. The van der Waals surface area contributed by atoms with Crippen molar-refractivity contribution in [2.24, 2.45) is 5.92 Å². The first-order valence-corrected chi connectivity index (χ1v) is 12.6. The third-order valence-corrected chi connectivity index (χ3v) is 5.78. The molecule has 3 N–H and O–H groups in total. The SMILES string of the molecule is COc1ccccc1OCCNCC(COCCO[N+](=O)[O-])COc1cccc2[nH]c3ccccc3c12.O=CO. The van der Waals surface area contributed by atoms with E-state index in [1.165, 1.54) is 0 Å². The van der Waals surface area contributed by atoms with Crippen LogP contribution in [0.1, 0.15) is 0 Å². The number of fused-ring (bicyclic) bond motifs is 3. The number of carbonyl (C=O) groups is 1. The van der Waals surface area contributed by atoms with Gasteiger partial charge in [-0.15, -0.1) is 10.1 Å². The number of aromatic amines is 1. The molecule has 0 aliphatic heterocycles. The summed E-state index contributed by atoms with van der Waals surface area (Å²) in [5.74, 6) is 2.15. The number of rotatable bonds is 16. The number of hydrogen-bond donors (Lipinski definition) is 3. The Morgan fingerprint density at radius 2 is 1.62 bits per heavy atom. The van der Waals surface area contributed by atoms with Crippen LogP contribution in [0.2, 0.25) is 0 Å². The molecule has 1 atom stereocenters. The minimum atomic E-state index is -0.824. The Morgan fingerprint density at radius 3 is 2.40 bits per heavy atom. The number of aromatic nitrogens is 1. The first kappa shape index (κ1) is 30.0. The monoisotopic (exact) mass is 555 g/mol. The summed E-state index contributed by atoms with van der Waals surface area (Å²) < 4.78 is 23.0. The molecule has 0 aliphatic rings. The fraction of sp³-hybridized carbons (Fsp3) is 0.321. The Labute approximate surface area is 230 Å². The number of nitrogens with zero attached hydrogens (tertiary/aromatic N) is 1. The van der Waals surface area contributed by atoms with Gasteiger partial charge in [-0.3, -0.25) is 4.79 Å². The third-order valence-electron chi connectivity index (χ3n) is 5.78. The molecule has 1 heterocycles. The lowest BCUT2D eigenvalue weighted by molar-refractivity contribution is -0.758. The first-order chi connectivity index (χ1) is 19.6. The normalized spacial score (nSPS) is 11.3. The van der Waals surface area contributed by atoms with Gasteiger partial charge in [0.05, 0.1) is 32.4 Å². The van der Waals surface area contributed by atoms with Crippen LogP contribution in [-0.2, 0) is 14.4 Å². The van der Waals surface area contributed by atoms with E-state index in [0.717, 1.165) is 27.6 Å². The summed E-state index contributed by atoms with van der Waals surface area (Å²) in [4.78, 5) is 26.5. The van der Waals surface area contributed by atoms with Gasteiger partial charge in [0, 0.05) is 35.3 Å². The summed E-state index contributed by atoms with van der Waals surface area (Å²) in [5.41, 5.74) is 2.06. The van der Waals surface area contributed by atoms with Crippen LogP contribution in [0.5, 0.6) is 17.2 Å². The van der Waals surface area contributed by atoms with Gasteiger partial charge >= 0.3 is 0 Å². The molecule has 0 amide bonds. The third kappa shape index (κ3) is 9.03. The zero-order valence-corrected chi connectivity index (χ0v) is 22.1. The number of hydrogen-bond acceptors (Lipinski definition) is 9. The number of H-pyrrole nitrogens is 1. The van der Waals surface area contributed by atoms with Crippen molar-refractivity contribution in [2.45, 2.75) is 0 Å². The van der Waals surface area contributed by atoms with Gasteiger partial charge in [-0.05, 0) is 30.3 Å². The first-order valence-electron chi connectivity index (χ1n) is 12.6. The number of carboxylic acid groups (broad SMARTS) is 1. The van der Waals surface area contributed by atoms with Crippen molar-refractivity contribution >= 4 is 28.3 Å². The van der Waals surface area contributed by atoms with Gasteiger partial charge in [-0.25, -0.2) is 0 Å². The van der Waals surface area contributed by atoms with E-state index in [1.54, 1.807) is 7.11 Å². The van der Waals surface area contributed by atoms with Gasteiger partial charge in [0.2, 0.25) is 0 Å². The molecule has 12 nitrogen and oxygen atoms in total. The van der Waals surface area contributed by atoms with Crippen molar-refractivity contribution < 1.29 is 38.8 Å². The number of para-hydroxylation sites is 3. The highest BCUT2D eigenvalue weighted by Gasteiger charge is 2.14. The Morgan fingerprint density at radius 1 is 0.925 bits per heavy atom. The number of methoxy groups -OCH3 is 1. The van der Waals surface area contributed by atoms with E-state index >= 15 is 0 Å². The standard InChI is InChI=1S/C27H31N3O7.CH2O2/c1-33-24-10-4-5-11-25(24)35-14-13-28-17-20(18-34-15-16-37-30(31)32)19-36-26-12-6-9-23-27(26)21-7-2-3-8-22(21)29-23;2-1-3/h2-12,20,28-29H,13-19H2,1H3;1H,(H,2,3). The van der Waals surface area contributed by atoms with Crippen LogP contribution >= 0.6 is 0 Å². The largest absolute Gasteiger partial charge is 0.493 e. The quantitative estimate of drug-likeness (QED) is 0.0802. The van der Waals surface area contributed by atoms with Gasteiger partial charge in [0.1, 0.15) is 19.0 Å². The second-order valence-electron chi connectivity index (χ2n) is 8.47. The van der Waals surface area contributed by atoms with Gasteiger partial charge in [0.15, 0.2) is 11.5 Å². The zero-order chi connectivity index (χ0) is 28.6. The molecule has 0 bridgehead atoms. The number of benzene rings is 3. The summed E-state index contributed by atoms with van der Waals surface area (Å²) in [7, 11) is 1.61. The number of nitrogens with one attached hydrogen (secondary N) is 2. The summed E-state index contributed by atoms with van der Waals surface area (Å²) in [6.45, 7) is 2.18. The molecule has 1 unspecified atom stereocenters. The fourth-order valence-electron chi connectivity index (χ4n) is 4.06. The van der Waals surface area contributed by atoms with E-state index in [0.29, 0.717) is 44.4 Å². The molecule has 4 rings (SSSR count). The van der Waals surface area contributed by atoms with Crippen molar-refractivity contribution in [3.63, 3.8) is 0 Å². The van der Waals surface area contributed by atoms with Crippen LogP contribution in [0.25, 0.3) is 21.8 Å². The molecule has 0 spiro atoms. The molecule has 40 heavy (non-hydrogen) atoms. The van der Waals surface area contributed by atoms with Crippen LogP contribution in [0.4, 0.5) is 0 Å². The molecule has 12 heteroatoms. The lowest BCUT2D eigenvalue weighted by atomic mass is 10.1. The van der Waals surface area contributed by atoms with Crippen molar-refractivity contribution in [1.29, 1.82) is 0 Å². The molecule has 0 aliphatic carbocycles. The Bertz CT molecular complexity index is 1350. The lowest BCUT2D eigenvalue weighted by Gasteiger charge is -2.19. The van der Waals surface area contributed by atoms with Crippen LogP contribution in [0, 0.1) is 16.0 Å².